The van der Waals surface area contributed by atoms with Crippen LogP contribution in [-0.4, -0.2) is 18.2 Å². The number of rotatable bonds is 8. The summed E-state index contributed by atoms with van der Waals surface area (Å²) in [6, 6.07) is 25.2. The molecule has 0 aromatic heterocycles. The summed E-state index contributed by atoms with van der Waals surface area (Å²) in [4.78, 5) is 13.4. The van der Waals surface area contributed by atoms with Crippen LogP contribution >= 0.6 is 11.8 Å². The molecule has 0 radical (unpaired) electrons. The average Bonchev–Trinajstić information content (AvgIpc) is 2.75. The first kappa shape index (κ1) is 20.6. The van der Waals surface area contributed by atoms with Crippen molar-refractivity contribution in [1.29, 1.82) is 5.26 Å². The Bertz CT molecular complexity index is 987. The minimum atomic E-state index is -0.301. The smallest absolute Gasteiger partial charge is 0.238 e. The lowest BCUT2D eigenvalue weighted by molar-refractivity contribution is -0.115. The molecule has 1 amide bonds. The standard InChI is InChI=1S/C23H20FN3OS/c24-19-12-10-18(11-13-19)23(17-6-2-1-3-7-17)26-16-22(28)27-20-8-4-5-9-21(20)29-15-14-25/h1-13,23,26H,15-16H2,(H,27,28). The Labute approximate surface area is 173 Å². The van der Waals surface area contributed by atoms with E-state index < -0.39 is 0 Å². The summed E-state index contributed by atoms with van der Waals surface area (Å²) in [5.74, 6) is -0.186. The summed E-state index contributed by atoms with van der Waals surface area (Å²) in [7, 11) is 0. The zero-order chi connectivity index (χ0) is 20.5. The second kappa shape index (κ2) is 10.4. The van der Waals surface area contributed by atoms with Gasteiger partial charge in [0, 0.05) is 4.90 Å². The van der Waals surface area contributed by atoms with E-state index in [0.29, 0.717) is 11.4 Å². The van der Waals surface area contributed by atoms with Gasteiger partial charge >= 0.3 is 0 Å². The van der Waals surface area contributed by atoms with Crippen LogP contribution < -0.4 is 10.6 Å². The number of benzene rings is 3. The Balaban J connectivity index is 1.71. The molecule has 146 valence electrons. The number of para-hydroxylation sites is 1. The summed E-state index contributed by atoms with van der Waals surface area (Å²) in [5.41, 5.74) is 2.53. The van der Waals surface area contributed by atoms with E-state index >= 15 is 0 Å². The molecular weight excluding hydrogens is 385 g/mol. The van der Waals surface area contributed by atoms with Crippen molar-refractivity contribution < 1.29 is 9.18 Å². The number of nitriles is 1. The fourth-order valence-corrected chi connectivity index (χ4v) is 3.59. The van der Waals surface area contributed by atoms with Crippen LogP contribution in [0.3, 0.4) is 0 Å². The predicted octanol–water partition coefficient (Wildman–Crippen LogP) is 4.76. The summed E-state index contributed by atoms with van der Waals surface area (Å²) in [6.07, 6.45) is 0. The van der Waals surface area contributed by atoms with Gasteiger partial charge in [-0.2, -0.15) is 5.26 Å². The SMILES string of the molecule is N#CCSc1ccccc1NC(=O)CNC(c1ccccc1)c1ccc(F)cc1. The largest absolute Gasteiger partial charge is 0.324 e. The normalized spacial score (nSPS) is 11.4. The van der Waals surface area contributed by atoms with Gasteiger partial charge < -0.3 is 5.32 Å². The maximum absolute atomic E-state index is 13.3. The lowest BCUT2D eigenvalue weighted by atomic mass is 9.98. The van der Waals surface area contributed by atoms with E-state index in [9.17, 15) is 9.18 Å². The molecule has 29 heavy (non-hydrogen) atoms. The minimum Gasteiger partial charge on any atom is -0.324 e. The number of nitrogens with zero attached hydrogens (tertiary/aromatic N) is 1. The Morgan fingerprint density at radius 1 is 0.966 bits per heavy atom. The molecule has 3 rings (SSSR count). The number of halogens is 1. The number of carbonyl (C=O) groups excluding carboxylic acids is 1. The molecule has 0 fully saturated rings. The molecule has 3 aromatic rings. The van der Waals surface area contributed by atoms with Crippen molar-refractivity contribution >= 4 is 23.4 Å². The van der Waals surface area contributed by atoms with Crippen molar-refractivity contribution in [2.24, 2.45) is 0 Å². The highest BCUT2D eigenvalue weighted by Gasteiger charge is 2.16. The van der Waals surface area contributed by atoms with Crippen LogP contribution in [0.1, 0.15) is 17.2 Å². The molecule has 0 aliphatic rings. The molecule has 0 saturated heterocycles. The molecule has 0 bridgehead atoms. The highest BCUT2D eigenvalue weighted by molar-refractivity contribution is 7.99. The maximum atomic E-state index is 13.3. The van der Waals surface area contributed by atoms with Gasteiger partial charge in [0.2, 0.25) is 5.91 Å². The zero-order valence-electron chi connectivity index (χ0n) is 15.6. The molecule has 1 atom stereocenters. The van der Waals surface area contributed by atoms with Crippen LogP contribution in [0.5, 0.6) is 0 Å². The fourth-order valence-electron chi connectivity index (χ4n) is 2.92. The Kier molecular flexibility index (Phi) is 7.40. The first-order chi connectivity index (χ1) is 14.2. The van der Waals surface area contributed by atoms with E-state index in [2.05, 4.69) is 16.7 Å². The van der Waals surface area contributed by atoms with Crippen LogP contribution in [0.4, 0.5) is 10.1 Å². The number of anilines is 1. The van der Waals surface area contributed by atoms with Crippen LogP contribution in [0, 0.1) is 17.1 Å². The van der Waals surface area contributed by atoms with Gasteiger partial charge in [0.15, 0.2) is 0 Å². The van der Waals surface area contributed by atoms with E-state index in [1.165, 1.54) is 23.9 Å². The number of amides is 1. The quantitative estimate of drug-likeness (QED) is 0.531. The Hall–Kier alpha value is -3.14. The van der Waals surface area contributed by atoms with Gasteiger partial charge in [0.1, 0.15) is 5.82 Å². The monoisotopic (exact) mass is 405 g/mol. The van der Waals surface area contributed by atoms with E-state index in [1.807, 2.05) is 54.6 Å². The number of hydrogen-bond donors (Lipinski definition) is 2. The molecular formula is C23H20FN3OS. The number of thioether (sulfide) groups is 1. The summed E-state index contributed by atoms with van der Waals surface area (Å²) >= 11 is 1.38. The zero-order valence-corrected chi connectivity index (χ0v) is 16.5. The molecule has 6 heteroatoms. The number of carbonyl (C=O) groups is 1. The van der Waals surface area contributed by atoms with Crippen molar-refractivity contribution in [3.63, 3.8) is 0 Å². The van der Waals surface area contributed by atoms with Crippen LogP contribution in [-0.2, 0) is 4.79 Å². The topological polar surface area (TPSA) is 64.9 Å². The molecule has 3 aromatic carbocycles. The predicted molar refractivity (Wildman–Crippen MR) is 114 cm³/mol. The summed E-state index contributed by atoms with van der Waals surface area (Å²) in [5, 5.41) is 14.9. The molecule has 0 heterocycles. The van der Waals surface area contributed by atoms with Crippen molar-refractivity contribution in [2.45, 2.75) is 10.9 Å². The molecule has 2 N–H and O–H groups in total. The third-order valence-electron chi connectivity index (χ3n) is 4.26. The van der Waals surface area contributed by atoms with Gasteiger partial charge in [0.05, 0.1) is 30.1 Å². The van der Waals surface area contributed by atoms with Gasteiger partial charge in [0.25, 0.3) is 0 Å². The van der Waals surface area contributed by atoms with E-state index in [0.717, 1.165) is 16.0 Å². The second-order valence-corrected chi connectivity index (χ2v) is 7.28. The molecule has 4 nitrogen and oxygen atoms in total. The number of nitrogens with one attached hydrogen (secondary N) is 2. The van der Waals surface area contributed by atoms with Gasteiger partial charge in [-0.1, -0.05) is 54.6 Å². The van der Waals surface area contributed by atoms with Crippen LogP contribution in [0.15, 0.2) is 83.8 Å². The van der Waals surface area contributed by atoms with Crippen LogP contribution in [0.2, 0.25) is 0 Å². The fraction of sp³-hybridized carbons (Fsp3) is 0.130. The van der Waals surface area contributed by atoms with Gasteiger partial charge in [-0.3, -0.25) is 10.1 Å². The highest BCUT2D eigenvalue weighted by Crippen LogP contribution is 2.27. The van der Waals surface area contributed by atoms with Crippen molar-refractivity contribution in [3.05, 3.63) is 95.8 Å². The molecule has 0 spiro atoms. The van der Waals surface area contributed by atoms with Crippen LogP contribution in [0.25, 0.3) is 0 Å². The first-order valence-corrected chi connectivity index (χ1v) is 10.1. The lowest BCUT2D eigenvalue weighted by Crippen LogP contribution is -2.32. The third-order valence-corrected chi connectivity index (χ3v) is 5.20. The average molecular weight is 405 g/mol. The van der Waals surface area contributed by atoms with Crippen molar-refractivity contribution in [3.8, 4) is 6.07 Å². The van der Waals surface area contributed by atoms with E-state index in [-0.39, 0.29) is 24.3 Å². The molecule has 0 aliphatic heterocycles. The van der Waals surface area contributed by atoms with Gasteiger partial charge in [-0.05, 0) is 35.4 Å². The lowest BCUT2D eigenvalue weighted by Gasteiger charge is -2.20. The molecule has 1 unspecified atom stereocenters. The maximum Gasteiger partial charge on any atom is 0.238 e. The summed E-state index contributed by atoms with van der Waals surface area (Å²) in [6.45, 7) is 0.0776. The Morgan fingerprint density at radius 3 is 2.34 bits per heavy atom. The minimum absolute atomic E-state index is 0.0776. The van der Waals surface area contributed by atoms with E-state index in [4.69, 9.17) is 5.26 Å². The second-order valence-electron chi connectivity index (χ2n) is 6.27. The van der Waals surface area contributed by atoms with Crippen molar-refractivity contribution in [2.75, 3.05) is 17.6 Å². The van der Waals surface area contributed by atoms with Gasteiger partial charge in [-0.25, -0.2) is 4.39 Å². The van der Waals surface area contributed by atoms with Crippen molar-refractivity contribution in [1.82, 2.24) is 5.32 Å². The number of hydrogen-bond acceptors (Lipinski definition) is 4. The molecule has 0 saturated carbocycles. The first-order valence-electron chi connectivity index (χ1n) is 9.10. The Morgan fingerprint density at radius 2 is 1.62 bits per heavy atom. The highest BCUT2D eigenvalue weighted by atomic mass is 32.2. The third kappa shape index (κ3) is 5.92. The van der Waals surface area contributed by atoms with E-state index in [1.54, 1.807) is 12.1 Å². The summed E-state index contributed by atoms with van der Waals surface area (Å²) < 4.78 is 13.3. The molecule has 0 aliphatic carbocycles. The van der Waals surface area contributed by atoms with Gasteiger partial charge in [-0.15, -0.1) is 11.8 Å².